The van der Waals surface area contributed by atoms with E-state index in [9.17, 15) is 4.79 Å². The van der Waals surface area contributed by atoms with E-state index in [2.05, 4.69) is 4.90 Å². The topological polar surface area (TPSA) is 46.3 Å². The van der Waals surface area contributed by atoms with Crippen LogP contribution in [0.2, 0.25) is 0 Å². The zero-order valence-corrected chi connectivity index (χ0v) is 11.6. The molecule has 0 saturated carbocycles. The summed E-state index contributed by atoms with van der Waals surface area (Å²) in [5.74, 6) is 1.12. The molecule has 0 bridgehead atoms. The van der Waals surface area contributed by atoms with E-state index in [0.717, 1.165) is 24.3 Å². The molecule has 0 amide bonds. The minimum absolute atomic E-state index is 0.509. The Kier molecular flexibility index (Phi) is 7.09. The monoisotopic (exact) mass is 287 g/mol. The van der Waals surface area contributed by atoms with Crippen molar-refractivity contribution >= 4 is 35.2 Å². The Labute approximate surface area is 118 Å². The molecule has 2 N–H and O–H groups in total. The van der Waals surface area contributed by atoms with Gasteiger partial charge in [-0.05, 0) is 24.1 Å². The number of carbonyl (C=O) groups excluding carboxylic acids is 1. The highest BCUT2D eigenvalue weighted by Crippen LogP contribution is 2.16. The summed E-state index contributed by atoms with van der Waals surface area (Å²) in [5.41, 5.74) is 7.62. The van der Waals surface area contributed by atoms with E-state index in [1.807, 2.05) is 24.3 Å². The molecule has 0 aliphatic carbocycles. The molecule has 3 nitrogen and oxygen atoms in total. The molecule has 0 spiro atoms. The summed E-state index contributed by atoms with van der Waals surface area (Å²) in [6.45, 7) is 1.52. The zero-order valence-electron chi connectivity index (χ0n) is 10.1. The maximum Gasteiger partial charge on any atom is 0.217 e. The van der Waals surface area contributed by atoms with Crippen molar-refractivity contribution in [3.8, 4) is 0 Å². The van der Waals surface area contributed by atoms with Gasteiger partial charge in [-0.3, -0.25) is 4.79 Å². The van der Waals surface area contributed by atoms with Crippen molar-refractivity contribution in [1.82, 2.24) is 0 Å². The Morgan fingerprint density at radius 3 is 2.17 bits per heavy atom. The van der Waals surface area contributed by atoms with Crippen LogP contribution in [-0.2, 0) is 11.2 Å². The Hall–Kier alpha value is -0.770. The van der Waals surface area contributed by atoms with Crippen molar-refractivity contribution in [1.29, 1.82) is 0 Å². The van der Waals surface area contributed by atoms with Crippen LogP contribution in [0.3, 0.4) is 0 Å². The smallest absolute Gasteiger partial charge is 0.217 e. The van der Waals surface area contributed by atoms with Gasteiger partial charge in [0.2, 0.25) is 6.29 Å². The lowest BCUT2D eigenvalue weighted by Crippen LogP contribution is -2.27. The fraction of sp³-hybridized carbons (Fsp3) is 0.462. The van der Waals surface area contributed by atoms with Gasteiger partial charge in [-0.25, -0.2) is 0 Å². The first-order valence-corrected chi connectivity index (χ1v) is 6.87. The van der Waals surface area contributed by atoms with Gasteiger partial charge in [-0.2, -0.15) is 0 Å². The Balaban J connectivity index is 2.70. The first-order valence-electron chi connectivity index (χ1n) is 5.80. The van der Waals surface area contributed by atoms with Crippen molar-refractivity contribution in [2.45, 2.75) is 12.5 Å². The number of anilines is 1. The normalized spacial score (nSPS) is 12.2. The molecule has 0 aromatic heterocycles. The van der Waals surface area contributed by atoms with E-state index >= 15 is 0 Å². The fourth-order valence-corrected chi connectivity index (χ4v) is 2.12. The molecule has 1 aromatic rings. The number of benzene rings is 1. The van der Waals surface area contributed by atoms with E-state index in [-0.39, 0.29) is 0 Å². The van der Waals surface area contributed by atoms with Crippen molar-refractivity contribution in [3.63, 3.8) is 0 Å². The molecule has 0 fully saturated rings. The van der Waals surface area contributed by atoms with Gasteiger partial charge in [0.05, 0.1) is 6.04 Å². The summed E-state index contributed by atoms with van der Waals surface area (Å²) >= 11 is 11.5. The number of alkyl halides is 2. The van der Waals surface area contributed by atoms with Gasteiger partial charge in [-0.15, -0.1) is 23.2 Å². The Bertz CT molecular complexity index is 351. The highest BCUT2D eigenvalue weighted by atomic mass is 35.5. The predicted octanol–water partition coefficient (Wildman–Crippen LogP) is 1.95. The average Bonchev–Trinajstić information content (AvgIpc) is 2.39. The van der Waals surface area contributed by atoms with Crippen LogP contribution < -0.4 is 10.6 Å². The standard InChI is InChI=1S/C13H17Cl2N2O/c14-5-7-17(8-6-15)13-3-1-11(2-4-13)9-12(16)10-18/h1-4,12H,5-9,16H2/t12-/m0/s1. The molecule has 1 radical (unpaired) electrons. The molecule has 0 saturated heterocycles. The van der Waals surface area contributed by atoms with E-state index in [0.29, 0.717) is 18.2 Å². The van der Waals surface area contributed by atoms with Crippen LogP contribution in [0.1, 0.15) is 5.56 Å². The van der Waals surface area contributed by atoms with Crippen LogP contribution in [0.25, 0.3) is 0 Å². The summed E-state index contributed by atoms with van der Waals surface area (Å²) in [7, 11) is 0. The first-order chi connectivity index (χ1) is 8.71. The van der Waals surface area contributed by atoms with E-state index in [1.54, 1.807) is 6.29 Å². The Morgan fingerprint density at radius 2 is 1.72 bits per heavy atom. The molecule has 0 aliphatic rings. The minimum atomic E-state index is -0.558. The highest BCUT2D eigenvalue weighted by Gasteiger charge is 2.07. The lowest BCUT2D eigenvalue weighted by molar-refractivity contribution is 0.541. The average molecular weight is 288 g/mol. The van der Waals surface area contributed by atoms with Crippen molar-refractivity contribution < 1.29 is 4.79 Å². The second kappa shape index (κ2) is 8.35. The summed E-state index contributed by atoms with van der Waals surface area (Å²) in [6, 6.07) is 7.35. The number of nitrogens with two attached hydrogens (primary N) is 1. The van der Waals surface area contributed by atoms with Crippen LogP contribution in [0.4, 0.5) is 5.69 Å². The first kappa shape index (κ1) is 15.3. The number of halogens is 2. The predicted molar refractivity (Wildman–Crippen MR) is 77.5 cm³/mol. The van der Waals surface area contributed by atoms with Crippen molar-refractivity contribution in [3.05, 3.63) is 29.8 Å². The molecule has 18 heavy (non-hydrogen) atoms. The quantitative estimate of drug-likeness (QED) is 0.744. The second-order valence-corrected chi connectivity index (χ2v) is 4.72. The van der Waals surface area contributed by atoms with Gasteiger partial charge in [0.25, 0.3) is 0 Å². The summed E-state index contributed by atoms with van der Waals surface area (Å²) in [5, 5.41) is 0. The SMILES string of the molecule is N[C@H]([C]=O)Cc1ccc(N(CCCl)CCCl)cc1. The lowest BCUT2D eigenvalue weighted by atomic mass is 10.1. The number of nitrogens with zero attached hydrogens (tertiary/aromatic N) is 1. The van der Waals surface area contributed by atoms with Crippen LogP contribution in [0, 0.1) is 0 Å². The number of hydrogen-bond acceptors (Lipinski definition) is 3. The van der Waals surface area contributed by atoms with Gasteiger partial charge >= 0.3 is 0 Å². The third-order valence-corrected chi connectivity index (χ3v) is 2.96. The number of hydrogen-bond donors (Lipinski definition) is 1. The third kappa shape index (κ3) is 4.84. The molecule has 0 aliphatic heterocycles. The summed E-state index contributed by atoms with van der Waals surface area (Å²) < 4.78 is 0. The number of rotatable bonds is 8. The third-order valence-electron chi connectivity index (χ3n) is 2.62. The molecule has 5 heteroatoms. The molecule has 1 rings (SSSR count). The van der Waals surface area contributed by atoms with Crippen LogP contribution >= 0.6 is 23.2 Å². The highest BCUT2D eigenvalue weighted by molar-refractivity contribution is 6.18. The second-order valence-electron chi connectivity index (χ2n) is 3.96. The van der Waals surface area contributed by atoms with Crippen LogP contribution in [-0.4, -0.2) is 37.2 Å². The molecule has 1 aromatic carbocycles. The van der Waals surface area contributed by atoms with Crippen molar-refractivity contribution in [2.24, 2.45) is 5.73 Å². The van der Waals surface area contributed by atoms with E-state index < -0.39 is 6.04 Å². The molecule has 0 unspecified atom stereocenters. The van der Waals surface area contributed by atoms with Gasteiger partial charge in [-0.1, -0.05) is 12.1 Å². The van der Waals surface area contributed by atoms with E-state index in [4.69, 9.17) is 28.9 Å². The Morgan fingerprint density at radius 1 is 1.17 bits per heavy atom. The van der Waals surface area contributed by atoms with Gasteiger partial charge in [0, 0.05) is 30.5 Å². The summed E-state index contributed by atoms with van der Waals surface area (Å²) in [6.07, 6.45) is 2.28. The van der Waals surface area contributed by atoms with Crippen LogP contribution in [0.5, 0.6) is 0 Å². The van der Waals surface area contributed by atoms with Gasteiger partial charge in [0.15, 0.2) is 0 Å². The minimum Gasteiger partial charge on any atom is -0.369 e. The maximum atomic E-state index is 10.4. The molecular weight excluding hydrogens is 271 g/mol. The van der Waals surface area contributed by atoms with Gasteiger partial charge in [0.1, 0.15) is 0 Å². The van der Waals surface area contributed by atoms with Crippen molar-refractivity contribution in [2.75, 3.05) is 29.7 Å². The lowest BCUT2D eigenvalue weighted by Gasteiger charge is -2.23. The van der Waals surface area contributed by atoms with Gasteiger partial charge < -0.3 is 10.6 Å². The fourth-order valence-electron chi connectivity index (χ4n) is 1.71. The largest absolute Gasteiger partial charge is 0.369 e. The molecular formula is C13H17Cl2N2O. The molecule has 1 atom stereocenters. The summed E-state index contributed by atoms with van der Waals surface area (Å²) in [4.78, 5) is 12.5. The zero-order chi connectivity index (χ0) is 13.4. The van der Waals surface area contributed by atoms with Crippen LogP contribution in [0.15, 0.2) is 24.3 Å². The molecule has 99 valence electrons. The molecule has 0 heterocycles. The maximum absolute atomic E-state index is 10.4. The van der Waals surface area contributed by atoms with E-state index in [1.165, 1.54) is 0 Å².